The fourth-order valence-electron chi connectivity index (χ4n) is 3.07. The molecule has 3 rings (SSSR count). The maximum Gasteiger partial charge on any atom is 0.229 e. The van der Waals surface area contributed by atoms with E-state index in [0.717, 1.165) is 44.0 Å². The van der Waals surface area contributed by atoms with Gasteiger partial charge in [-0.1, -0.05) is 18.2 Å². The number of thiophene rings is 1. The summed E-state index contributed by atoms with van der Waals surface area (Å²) in [6.45, 7) is 4.18. The van der Waals surface area contributed by atoms with E-state index in [1.165, 1.54) is 5.00 Å². The monoisotopic (exact) mass is 535 g/mol. The van der Waals surface area contributed by atoms with Gasteiger partial charge in [-0.15, -0.1) is 35.3 Å². The van der Waals surface area contributed by atoms with Gasteiger partial charge in [0, 0.05) is 39.8 Å². The maximum absolute atomic E-state index is 11.6. The number of hydrogen-bond donors (Lipinski definition) is 2. The minimum atomic E-state index is -3.31. The molecule has 0 saturated carbocycles. The molecule has 28 heavy (non-hydrogen) atoms. The summed E-state index contributed by atoms with van der Waals surface area (Å²) in [6, 6.07) is 11.6. The largest absolute Gasteiger partial charge is 0.360 e. The first-order chi connectivity index (χ1) is 13.0. The number of piperazine rings is 1. The molecular weight excluding hydrogens is 509 g/mol. The molecule has 0 atom stereocenters. The molecule has 2 aromatic rings. The molecule has 10 heteroatoms. The Morgan fingerprint density at radius 2 is 1.86 bits per heavy atom. The SMILES string of the molecule is CN=C(NCc1ccccc1NS(C)(=O)=O)N1CCN(c2cccs2)CC1.I. The fraction of sp³-hybridized carbons (Fsp3) is 0.389. The van der Waals surface area contributed by atoms with Gasteiger partial charge in [0.25, 0.3) is 0 Å². The summed E-state index contributed by atoms with van der Waals surface area (Å²) in [4.78, 5) is 9.02. The minimum absolute atomic E-state index is 0. The maximum atomic E-state index is 11.6. The van der Waals surface area contributed by atoms with Crippen LogP contribution in [0.1, 0.15) is 5.56 Å². The molecule has 0 radical (unpaired) electrons. The Morgan fingerprint density at radius 3 is 2.46 bits per heavy atom. The molecule has 0 amide bonds. The van der Waals surface area contributed by atoms with Gasteiger partial charge in [-0.3, -0.25) is 9.71 Å². The van der Waals surface area contributed by atoms with Crippen molar-refractivity contribution >= 4 is 62.0 Å². The van der Waals surface area contributed by atoms with Crippen molar-refractivity contribution in [2.75, 3.05) is 49.1 Å². The molecule has 1 aliphatic heterocycles. The number of halogens is 1. The Bertz CT molecular complexity index is 879. The van der Waals surface area contributed by atoms with Gasteiger partial charge in [0.2, 0.25) is 10.0 Å². The number of aliphatic imine (C=N–C) groups is 1. The average Bonchev–Trinajstić information content (AvgIpc) is 3.17. The Kier molecular flexibility index (Phi) is 8.38. The van der Waals surface area contributed by atoms with Gasteiger partial charge in [-0.2, -0.15) is 0 Å². The lowest BCUT2D eigenvalue weighted by Gasteiger charge is -2.37. The van der Waals surface area contributed by atoms with Gasteiger partial charge in [-0.05, 0) is 29.1 Å². The van der Waals surface area contributed by atoms with Gasteiger partial charge in [0.05, 0.1) is 16.9 Å². The van der Waals surface area contributed by atoms with Crippen molar-refractivity contribution in [3.63, 3.8) is 0 Å². The molecule has 1 fully saturated rings. The van der Waals surface area contributed by atoms with Crippen molar-refractivity contribution in [2.24, 2.45) is 4.99 Å². The van der Waals surface area contributed by atoms with E-state index in [4.69, 9.17) is 0 Å². The molecule has 1 aromatic carbocycles. The molecule has 7 nitrogen and oxygen atoms in total. The number of sulfonamides is 1. The van der Waals surface area contributed by atoms with Crippen LogP contribution in [0.5, 0.6) is 0 Å². The third kappa shape index (κ3) is 6.24. The Labute approximate surface area is 187 Å². The second kappa shape index (κ2) is 10.3. The molecule has 1 aliphatic rings. The van der Waals surface area contributed by atoms with Crippen molar-refractivity contribution in [3.8, 4) is 0 Å². The lowest BCUT2D eigenvalue weighted by Crippen LogP contribution is -2.52. The van der Waals surface area contributed by atoms with Crippen LogP contribution < -0.4 is 14.9 Å². The summed E-state index contributed by atoms with van der Waals surface area (Å²) in [5.74, 6) is 0.829. The van der Waals surface area contributed by atoms with E-state index < -0.39 is 10.0 Å². The summed E-state index contributed by atoms with van der Waals surface area (Å²) >= 11 is 1.76. The predicted octanol–water partition coefficient (Wildman–Crippen LogP) is 2.64. The van der Waals surface area contributed by atoms with Gasteiger partial charge in [0.15, 0.2) is 5.96 Å². The van der Waals surface area contributed by atoms with Crippen molar-refractivity contribution in [1.82, 2.24) is 10.2 Å². The number of anilines is 2. The fourth-order valence-corrected chi connectivity index (χ4v) is 4.45. The van der Waals surface area contributed by atoms with Gasteiger partial charge < -0.3 is 15.1 Å². The number of para-hydroxylation sites is 1. The quantitative estimate of drug-likeness (QED) is 0.350. The van der Waals surface area contributed by atoms with Crippen LogP contribution in [0.3, 0.4) is 0 Å². The third-order valence-corrected chi connectivity index (χ3v) is 5.88. The first-order valence-corrected chi connectivity index (χ1v) is 11.5. The van der Waals surface area contributed by atoms with Gasteiger partial charge in [0.1, 0.15) is 0 Å². The van der Waals surface area contributed by atoms with Crippen LogP contribution in [0.4, 0.5) is 10.7 Å². The Morgan fingerprint density at radius 1 is 1.14 bits per heavy atom. The second-order valence-corrected chi connectivity index (χ2v) is 9.03. The molecule has 0 unspecified atom stereocenters. The van der Waals surface area contributed by atoms with Crippen LogP contribution in [-0.4, -0.2) is 58.8 Å². The number of nitrogens with zero attached hydrogens (tertiary/aromatic N) is 3. The second-order valence-electron chi connectivity index (χ2n) is 6.36. The zero-order valence-electron chi connectivity index (χ0n) is 16.0. The zero-order valence-corrected chi connectivity index (χ0v) is 19.9. The van der Waals surface area contributed by atoms with E-state index in [1.54, 1.807) is 24.5 Å². The lowest BCUT2D eigenvalue weighted by atomic mass is 10.2. The van der Waals surface area contributed by atoms with Gasteiger partial charge in [-0.25, -0.2) is 8.42 Å². The molecule has 0 spiro atoms. The standard InChI is InChI=1S/C18H25N5O2S2.HI/c1-19-18(23-11-9-22(10-12-23)17-8-5-13-26-17)20-14-15-6-3-4-7-16(15)21-27(2,24)25;/h3-8,13,21H,9-12,14H2,1-2H3,(H,19,20);1H. The topological polar surface area (TPSA) is 77.0 Å². The van der Waals surface area contributed by atoms with E-state index in [1.807, 2.05) is 18.2 Å². The first kappa shape index (κ1) is 22.8. The molecule has 2 N–H and O–H groups in total. The molecular formula is C18H26IN5O2S2. The number of benzene rings is 1. The normalized spacial score (nSPS) is 15.1. The van der Waals surface area contributed by atoms with Crippen molar-refractivity contribution in [2.45, 2.75) is 6.54 Å². The lowest BCUT2D eigenvalue weighted by molar-refractivity contribution is 0.373. The van der Waals surface area contributed by atoms with Crippen LogP contribution >= 0.6 is 35.3 Å². The van der Waals surface area contributed by atoms with Crippen LogP contribution in [0.25, 0.3) is 0 Å². The zero-order chi connectivity index (χ0) is 19.3. The average molecular weight is 535 g/mol. The molecule has 0 aliphatic carbocycles. The number of nitrogens with one attached hydrogen (secondary N) is 2. The summed E-state index contributed by atoms with van der Waals surface area (Å²) in [6.07, 6.45) is 1.16. The van der Waals surface area contributed by atoms with Crippen molar-refractivity contribution in [3.05, 3.63) is 47.3 Å². The highest BCUT2D eigenvalue weighted by Gasteiger charge is 2.20. The predicted molar refractivity (Wildman–Crippen MR) is 129 cm³/mol. The van der Waals surface area contributed by atoms with Crippen molar-refractivity contribution in [1.29, 1.82) is 0 Å². The van der Waals surface area contributed by atoms with Crippen LogP contribution in [-0.2, 0) is 16.6 Å². The molecule has 2 heterocycles. The van der Waals surface area contributed by atoms with E-state index in [-0.39, 0.29) is 24.0 Å². The van der Waals surface area contributed by atoms with E-state index in [9.17, 15) is 8.42 Å². The van der Waals surface area contributed by atoms with E-state index >= 15 is 0 Å². The first-order valence-electron chi connectivity index (χ1n) is 8.76. The van der Waals surface area contributed by atoms with Crippen molar-refractivity contribution < 1.29 is 8.42 Å². The molecule has 0 bridgehead atoms. The van der Waals surface area contributed by atoms with Crippen LogP contribution in [0, 0.1) is 0 Å². The molecule has 1 saturated heterocycles. The highest BCUT2D eigenvalue weighted by Crippen LogP contribution is 2.22. The highest BCUT2D eigenvalue weighted by molar-refractivity contribution is 14.0. The highest BCUT2D eigenvalue weighted by atomic mass is 127. The number of rotatable bonds is 5. The van der Waals surface area contributed by atoms with Gasteiger partial charge >= 0.3 is 0 Å². The molecule has 1 aromatic heterocycles. The number of guanidine groups is 1. The third-order valence-electron chi connectivity index (χ3n) is 4.36. The van der Waals surface area contributed by atoms with Crippen LogP contribution in [0.15, 0.2) is 46.8 Å². The molecule has 154 valence electrons. The summed E-state index contributed by atoms with van der Waals surface area (Å²) in [5.41, 5.74) is 1.46. The Hall–Kier alpha value is -1.53. The number of hydrogen-bond acceptors (Lipinski definition) is 5. The summed E-state index contributed by atoms with van der Waals surface area (Å²) in [7, 11) is -1.54. The smallest absolute Gasteiger partial charge is 0.229 e. The summed E-state index contributed by atoms with van der Waals surface area (Å²) < 4.78 is 25.7. The minimum Gasteiger partial charge on any atom is -0.360 e. The van der Waals surface area contributed by atoms with Crippen LogP contribution in [0.2, 0.25) is 0 Å². The van der Waals surface area contributed by atoms with E-state index in [0.29, 0.717) is 12.2 Å². The Balaban J connectivity index is 0.00000280. The van der Waals surface area contributed by atoms with E-state index in [2.05, 4.69) is 42.3 Å². The summed E-state index contributed by atoms with van der Waals surface area (Å²) in [5, 5.41) is 6.76.